The fourth-order valence-corrected chi connectivity index (χ4v) is 1.73. The average Bonchev–Trinajstić information content (AvgIpc) is 2.30. The maximum atomic E-state index is 11.2. The van der Waals surface area contributed by atoms with E-state index in [0.29, 0.717) is 0 Å². The van der Waals surface area contributed by atoms with Gasteiger partial charge in [0, 0.05) is 0 Å². The molecule has 0 spiro atoms. The molecule has 0 saturated carbocycles. The van der Waals surface area contributed by atoms with Crippen molar-refractivity contribution >= 4 is 5.97 Å². The standard InChI is InChI=1S/C10H18O7/c1-2-16-7(12)3-5-8(13)10(15)9(14)6(4-11)17-5/h5-6,8-11,13-15H,2-4H2,1H3/t5-,6+,8-,9+,10+/m0/s1. The number of hydrogen-bond donors (Lipinski definition) is 4. The molecule has 7 heteroatoms. The summed E-state index contributed by atoms with van der Waals surface area (Å²) in [5, 5.41) is 37.5. The molecule has 0 amide bonds. The Morgan fingerprint density at radius 3 is 2.29 bits per heavy atom. The molecular formula is C10H18O7. The van der Waals surface area contributed by atoms with Crippen molar-refractivity contribution in [3.05, 3.63) is 0 Å². The van der Waals surface area contributed by atoms with Gasteiger partial charge in [0.15, 0.2) is 0 Å². The van der Waals surface area contributed by atoms with E-state index in [2.05, 4.69) is 4.74 Å². The zero-order chi connectivity index (χ0) is 13.0. The summed E-state index contributed by atoms with van der Waals surface area (Å²) in [5.74, 6) is -0.572. The SMILES string of the molecule is CCOC(=O)C[C@@H]1O[C@H](CO)[C@@H](O)[C@H](O)[C@H]1O. The lowest BCUT2D eigenvalue weighted by atomic mass is 9.93. The van der Waals surface area contributed by atoms with Gasteiger partial charge < -0.3 is 29.9 Å². The molecule has 1 rings (SSSR count). The molecule has 1 aliphatic rings. The van der Waals surface area contributed by atoms with Crippen LogP contribution >= 0.6 is 0 Å². The zero-order valence-corrected chi connectivity index (χ0v) is 9.52. The third kappa shape index (κ3) is 3.36. The molecule has 1 fully saturated rings. The van der Waals surface area contributed by atoms with E-state index < -0.39 is 43.1 Å². The van der Waals surface area contributed by atoms with E-state index in [1.165, 1.54) is 0 Å². The van der Waals surface area contributed by atoms with Gasteiger partial charge in [-0.2, -0.15) is 0 Å². The van der Waals surface area contributed by atoms with Gasteiger partial charge in [-0.05, 0) is 6.92 Å². The molecule has 0 bridgehead atoms. The van der Waals surface area contributed by atoms with E-state index in [-0.39, 0.29) is 13.0 Å². The number of carbonyl (C=O) groups is 1. The minimum Gasteiger partial charge on any atom is -0.466 e. The highest BCUT2D eigenvalue weighted by atomic mass is 16.6. The molecule has 0 aromatic carbocycles. The van der Waals surface area contributed by atoms with Crippen LogP contribution in [0.2, 0.25) is 0 Å². The Labute approximate surface area is 98.6 Å². The third-order valence-corrected chi connectivity index (χ3v) is 2.66. The fourth-order valence-electron chi connectivity index (χ4n) is 1.73. The normalized spacial score (nSPS) is 37.8. The average molecular weight is 250 g/mol. The maximum absolute atomic E-state index is 11.2. The van der Waals surface area contributed by atoms with Crippen LogP contribution in [0, 0.1) is 0 Å². The highest BCUT2D eigenvalue weighted by Crippen LogP contribution is 2.23. The summed E-state index contributed by atoms with van der Waals surface area (Å²) >= 11 is 0. The number of hydrogen-bond acceptors (Lipinski definition) is 7. The van der Waals surface area contributed by atoms with Crippen LogP contribution in [0.5, 0.6) is 0 Å². The lowest BCUT2D eigenvalue weighted by Crippen LogP contribution is -2.58. The summed E-state index contributed by atoms with van der Waals surface area (Å²) in [4.78, 5) is 11.2. The van der Waals surface area contributed by atoms with Gasteiger partial charge in [0.1, 0.15) is 24.4 Å². The van der Waals surface area contributed by atoms with Crippen LogP contribution < -0.4 is 0 Å². The van der Waals surface area contributed by atoms with Crippen molar-refractivity contribution < 1.29 is 34.7 Å². The Morgan fingerprint density at radius 2 is 1.76 bits per heavy atom. The van der Waals surface area contributed by atoms with Gasteiger partial charge in [0.05, 0.1) is 25.7 Å². The van der Waals surface area contributed by atoms with E-state index in [1.54, 1.807) is 6.92 Å². The molecule has 0 aliphatic carbocycles. The molecule has 1 aliphatic heterocycles. The topological polar surface area (TPSA) is 116 Å². The van der Waals surface area contributed by atoms with Crippen LogP contribution in [0.1, 0.15) is 13.3 Å². The summed E-state index contributed by atoms with van der Waals surface area (Å²) in [6, 6.07) is 0. The van der Waals surface area contributed by atoms with Gasteiger partial charge in [-0.1, -0.05) is 0 Å². The molecule has 17 heavy (non-hydrogen) atoms. The van der Waals surface area contributed by atoms with Crippen molar-refractivity contribution in [1.29, 1.82) is 0 Å². The van der Waals surface area contributed by atoms with E-state index in [0.717, 1.165) is 0 Å². The predicted octanol–water partition coefficient (Wildman–Crippen LogP) is -2.22. The molecule has 100 valence electrons. The van der Waals surface area contributed by atoms with Crippen molar-refractivity contribution in [2.45, 2.75) is 43.9 Å². The van der Waals surface area contributed by atoms with Crippen LogP contribution in [0.25, 0.3) is 0 Å². The molecule has 0 unspecified atom stereocenters. The number of carbonyl (C=O) groups excluding carboxylic acids is 1. The first-order chi connectivity index (χ1) is 8.01. The van der Waals surface area contributed by atoms with Crippen LogP contribution in [-0.2, 0) is 14.3 Å². The smallest absolute Gasteiger partial charge is 0.308 e. The molecule has 0 aromatic rings. The number of aliphatic hydroxyl groups is 4. The highest BCUT2D eigenvalue weighted by molar-refractivity contribution is 5.70. The Balaban J connectivity index is 2.62. The van der Waals surface area contributed by atoms with Gasteiger partial charge in [-0.3, -0.25) is 4.79 Å². The Hall–Kier alpha value is -0.730. The van der Waals surface area contributed by atoms with Gasteiger partial charge in [-0.15, -0.1) is 0 Å². The predicted molar refractivity (Wildman–Crippen MR) is 55.0 cm³/mol. The monoisotopic (exact) mass is 250 g/mol. The molecule has 1 heterocycles. The number of esters is 1. The van der Waals surface area contributed by atoms with Crippen LogP contribution in [0.4, 0.5) is 0 Å². The number of aliphatic hydroxyl groups excluding tert-OH is 4. The van der Waals surface area contributed by atoms with Crippen molar-refractivity contribution in [3.8, 4) is 0 Å². The molecule has 5 atom stereocenters. The lowest BCUT2D eigenvalue weighted by Gasteiger charge is -2.39. The van der Waals surface area contributed by atoms with Gasteiger partial charge >= 0.3 is 5.97 Å². The van der Waals surface area contributed by atoms with Crippen molar-refractivity contribution in [3.63, 3.8) is 0 Å². The summed E-state index contributed by atoms with van der Waals surface area (Å²) in [5.41, 5.74) is 0. The molecule has 4 N–H and O–H groups in total. The van der Waals surface area contributed by atoms with Gasteiger partial charge in [0.2, 0.25) is 0 Å². The minimum atomic E-state index is -1.46. The lowest BCUT2D eigenvalue weighted by molar-refractivity contribution is -0.231. The zero-order valence-electron chi connectivity index (χ0n) is 9.52. The summed E-state index contributed by atoms with van der Waals surface area (Å²) in [6.45, 7) is 1.34. The number of rotatable bonds is 4. The quantitative estimate of drug-likeness (QED) is 0.418. The second-order valence-electron chi connectivity index (χ2n) is 3.88. The van der Waals surface area contributed by atoms with E-state index in [9.17, 15) is 20.1 Å². The summed E-state index contributed by atoms with van der Waals surface area (Å²) in [6.07, 6.45) is -6.49. The summed E-state index contributed by atoms with van der Waals surface area (Å²) < 4.78 is 9.82. The van der Waals surface area contributed by atoms with E-state index in [1.807, 2.05) is 0 Å². The van der Waals surface area contributed by atoms with E-state index in [4.69, 9.17) is 9.84 Å². The van der Waals surface area contributed by atoms with Crippen molar-refractivity contribution in [1.82, 2.24) is 0 Å². The van der Waals surface area contributed by atoms with Gasteiger partial charge in [-0.25, -0.2) is 0 Å². The van der Waals surface area contributed by atoms with E-state index >= 15 is 0 Å². The Bertz CT molecular complexity index is 255. The third-order valence-electron chi connectivity index (χ3n) is 2.66. The largest absolute Gasteiger partial charge is 0.466 e. The molecule has 0 aromatic heterocycles. The highest BCUT2D eigenvalue weighted by Gasteiger charge is 2.44. The van der Waals surface area contributed by atoms with Gasteiger partial charge in [0.25, 0.3) is 0 Å². The second-order valence-corrected chi connectivity index (χ2v) is 3.88. The van der Waals surface area contributed by atoms with Crippen molar-refractivity contribution in [2.24, 2.45) is 0 Å². The molecule has 0 radical (unpaired) electrons. The maximum Gasteiger partial charge on any atom is 0.308 e. The first kappa shape index (κ1) is 14.3. The van der Waals surface area contributed by atoms with Crippen LogP contribution in [0.15, 0.2) is 0 Å². The minimum absolute atomic E-state index is 0.205. The molecular weight excluding hydrogens is 232 g/mol. The Morgan fingerprint density at radius 1 is 1.18 bits per heavy atom. The summed E-state index contributed by atoms with van der Waals surface area (Å²) in [7, 11) is 0. The van der Waals surface area contributed by atoms with Crippen molar-refractivity contribution in [2.75, 3.05) is 13.2 Å². The number of ether oxygens (including phenoxy) is 2. The first-order valence-electron chi connectivity index (χ1n) is 5.47. The first-order valence-corrected chi connectivity index (χ1v) is 5.47. The second kappa shape index (κ2) is 6.27. The molecule has 7 nitrogen and oxygen atoms in total. The Kier molecular flexibility index (Phi) is 5.29. The van der Waals surface area contributed by atoms with Crippen LogP contribution in [0.3, 0.4) is 0 Å². The van der Waals surface area contributed by atoms with Crippen LogP contribution in [-0.4, -0.2) is 70.1 Å². The molecule has 1 saturated heterocycles. The fraction of sp³-hybridized carbons (Fsp3) is 0.900.